The van der Waals surface area contributed by atoms with Gasteiger partial charge in [0.25, 0.3) is 0 Å². The second-order valence-corrected chi connectivity index (χ2v) is 5.42. The number of aliphatic hydroxyl groups is 1. The van der Waals surface area contributed by atoms with Gasteiger partial charge in [-0.3, -0.25) is 14.5 Å². The fourth-order valence-electron chi connectivity index (χ4n) is 2.55. The molecule has 8 heteroatoms. The Morgan fingerprint density at radius 2 is 1.96 bits per heavy atom. The highest BCUT2D eigenvalue weighted by Gasteiger charge is 2.51. The van der Waals surface area contributed by atoms with Crippen LogP contribution in [0.4, 0.5) is 14.5 Å². The number of ether oxygens (including phenoxy) is 1. The van der Waals surface area contributed by atoms with E-state index in [-0.39, 0.29) is 23.5 Å². The number of aromatic amines is 1. The highest BCUT2D eigenvalue weighted by Crippen LogP contribution is 2.43. The molecule has 2 N–H and O–H groups in total. The third-order valence-electron chi connectivity index (χ3n) is 3.65. The van der Waals surface area contributed by atoms with E-state index in [1.54, 1.807) is 0 Å². The number of pyridine rings is 1. The second-order valence-electron chi connectivity index (χ2n) is 5.42. The van der Waals surface area contributed by atoms with Gasteiger partial charge in [0.05, 0.1) is 18.3 Å². The number of amides is 1. The Morgan fingerprint density at radius 3 is 2.62 bits per heavy atom. The van der Waals surface area contributed by atoms with E-state index in [0.717, 1.165) is 4.90 Å². The molecule has 1 aromatic carbocycles. The third-order valence-corrected chi connectivity index (χ3v) is 3.65. The van der Waals surface area contributed by atoms with E-state index >= 15 is 0 Å². The van der Waals surface area contributed by atoms with Crippen LogP contribution in [0.3, 0.4) is 0 Å². The van der Waals surface area contributed by atoms with Crippen LogP contribution in [-0.4, -0.2) is 22.1 Å². The van der Waals surface area contributed by atoms with Gasteiger partial charge in [-0.05, 0) is 19.1 Å². The van der Waals surface area contributed by atoms with Crippen LogP contribution in [0.2, 0.25) is 0 Å². The number of hydrogen-bond donors (Lipinski definition) is 2. The lowest BCUT2D eigenvalue weighted by molar-refractivity contribution is -0.193. The van der Waals surface area contributed by atoms with Gasteiger partial charge in [-0.1, -0.05) is 18.2 Å². The van der Waals surface area contributed by atoms with Gasteiger partial charge in [0.2, 0.25) is 5.56 Å². The van der Waals surface area contributed by atoms with Crippen LogP contribution in [-0.2, 0) is 11.3 Å². The number of halogens is 2. The van der Waals surface area contributed by atoms with E-state index in [1.807, 2.05) is 0 Å². The van der Waals surface area contributed by atoms with Crippen LogP contribution < -0.4 is 15.2 Å². The first-order chi connectivity index (χ1) is 11.3. The first-order valence-electron chi connectivity index (χ1n) is 7.17. The molecule has 0 radical (unpaired) electrons. The predicted molar refractivity (Wildman–Crippen MR) is 80.9 cm³/mol. The third kappa shape index (κ3) is 2.76. The molecule has 0 bridgehead atoms. The summed E-state index contributed by atoms with van der Waals surface area (Å²) in [5.74, 6) is -1.79. The van der Waals surface area contributed by atoms with Crippen molar-refractivity contribution >= 4 is 11.6 Å². The second kappa shape index (κ2) is 5.72. The van der Waals surface area contributed by atoms with Crippen LogP contribution in [0, 0.1) is 0 Å². The van der Waals surface area contributed by atoms with Gasteiger partial charge in [0.15, 0.2) is 5.75 Å². The summed E-state index contributed by atoms with van der Waals surface area (Å²) in [7, 11) is 0. The average molecular weight is 336 g/mol. The number of nitrogens with one attached hydrogen (secondary N) is 1. The quantitative estimate of drug-likeness (QED) is 0.897. The number of aromatic nitrogens is 1. The van der Waals surface area contributed by atoms with Crippen molar-refractivity contribution in [3.8, 4) is 5.75 Å². The zero-order valence-corrected chi connectivity index (χ0v) is 12.6. The van der Waals surface area contributed by atoms with Crippen LogP contribution in [0.15, 0.2) is 41.2 Å². The molecule has 0 saturated carbocycles. The number of benzene rings is 1. The molecule has 0 unspecified atom stereocenters. The monoisotopic (exact) mass is 336 g/mol. The summed E-state index contributed by atoms with van der Waals surface area (Å²) in [5.41, 5.74) is 0.139. The van der Waals surface area contributed by atoms with Gasteiger partial charge < -0.3 is 14.8 Å². The molecule has 1 aliphatic rings. The molecule has 24 heavy (non-hydrogen) atoms. The lowest BCUT2D eigenvalue weighted by atomic mass is 10.1. The zero-order valence-electron chi connectivity index (χ0n) is 12.6. The number of nitrogens with zero attached hydrogens (tertiary/aromatic N) is 1. The van der Waals surface area contributed by atoms with E-state index in [2.05, 4.69) is 9.72 Å². The number of para-hydroxylation sites is 1. The summed E-state index contributed by atoms with van der Waals surface area (Å²) < 4.78 is 32.5. The van der Waals surface area contributed by atoms with Crippen molar-refractivity contribution in [3.63, 3.8) is 0 Å². The summed E-state index contributed by atoms with van der Waals surface area (Å²) >= 11 is 0. The minimum atomic E-state index is -4.06. The topological polar surface area (TPSA) is 82.6 Å². The SMILES string of the molecule is C[C@H](O)c1cccc2c1OC(F)(F)C(=O)N2Cc1cccc(=O)[nH]1. The molecule has 2 heterocycles. The molecule has 2 aromatic rings. The Balaban J connectivity index is 2.10. The summed E-state index contributed by atoms with van der Waals surface area (Å²) in [6.45, 7) is 1.15. The molecule has 3 rings (SSSR count). The number of aliphatic hydroxyl groups excluding tert-OH is 1. The van der Waals surface area contributed by atoms with Crippen LogP contribution in [0.5, 0.6) is 5.75 Å². The van der Waals surface area contributed by atoms with Gasteiger partial charge >= 0.3 is 12.0 Å². The molecule has 6 nitrogen and oxygen atoms in total. The highest BCUT2D eigenvalue weighted by molar-refractivity contribution is 6.01. The van der Waals surface area contributed by atoms with Crippen LogP contribution in [0.25, 0.3) is 0 Å². The predicted octanol–water partition coefficient (Wildman–Crippen LogP) is 1.95. The Hall–Kier alpha value is -2.74. The van der Waals surface area contributed by atoms with Gasteiger partial charge in [0.1, 0.15) is 0 Å². The van der Waals surface area contributed by atoms with Gasteiger partial charge in [0, 0.05) is 17.3 Å². The van der Waals surface area contributed by atoms with Crippen molar-refractivity contribution in [2.45, 2.75) is 25.7 Å². The van der Waals surface area contributed by atoms with E-state index in [1.165, 1.54) is 43.3 Å². The molecule has 1 aromatic heterocycles. The molecular weight excluding hydrogens is 322 g/mol. The van der Waals surface area contributed by atoms with Crippen molar-refractivity contribution in [2.24, 2.45) is 0 Å². The average Bonchev–Trinajstić information content (AvgIpc) is 2.51. The number of alkyl halides is 2. The van der Waals surface area contributed by atoms with Crippen molar-refractivity contribution in [2.75, 3.05) is 4.90 Å². The Labute approximate surface area is 135 Å². The number of hydrogen-bond acceptors (Lipinski definition) is 4. The molecule has 0 saturated heterocycles. The molecule has 126 valence electrons. The van der Waals surface area contributed by atoms with Crippen molar-refractivity contribution in [1.82, 2.24) is 4.98 Å². The summed E-state index contributed by atoms with van der Waals surface area (Å²) in [5, 5.41) is 9.75. The maximum absolute atomic E-state index is 14.0. The highest BCUT2D eigenvalue weighted by atomic mass is 19.3. The normalized spacial score (nSPS) is 17.2. The maximum Gasteiger partial charge on any atom is 0.483 e. The Morgan fingerprint density at radius 1 is 1.25 bits per heavy atom. The fraction of sp³-hybridized carbons (Fsp3) is 0.250. The number of fused-ring (bicyclic) bond motifs is 1. The Kier molecular flexibility index (Phi) is 3.84. The fourth-order valence-corrected chi connectivity index (χ4v) is 2.55. The Bertz CT molecular complexity index is 848. The molecule has 0 fully saturated rings. The van der Waals surface area contributed by atoms with Gasteiger partial charge in [-0.15, -0.1) is 0 Å². The van der Waals surface area contributed by atoms with Crippen LogP contribution >= 0.6 is 0 Å². The van der Waals surface area contributed by atoms with Crippen LogP contribution in [0.1, 0.15) is 24.3 Å². The number of H-pyrrole nitrogens is 1. The van der Waals surface area contributed by atoms with Gasteiger partial charge in [-0.25, -0.2) is 0 Å². The van der Waals surface area contributed by atoms with Crippen molar-refractivity contribution < 1.29 is 23.4 Å². The first-order valence-corrected chi connectivity index (χ1v) is 7.17. The minimum Gasteiger partial charge on any atom is -0.423 e. The first kappa shape index (κ1) is 16.1. The summed E-state index contributed by atoms with van der Waals surface area (Å²) in [6, 6.07) is 8.67. The van der Waals surface area contributed by atoms with E-state index in [0.29, 0.717) is 5.69 Å². The largest absolute Gasteiger partial charge is 0.483 e. The number of carbonyl (C=O) groups excluding carboxylic acids is 1. The lowest BCUT2D eigenvalue weighted by Crippen LogP contribution is -2.50. The standard InChI is InChI=1S/C16H14F2N2O4/c1-9(21)11-5-3-6-12-14(11)24-16(17,18)15(23)20(12)8-10-4-2-7-13(22)19-10/h2-7,9,21H,8H2,1H3,(H,19,22)/t9-/m0/s1. The minimum absolute atomic E-state index is 0.106. The van der Waals surface area contributed by atoms with E-state index in [9.17, 15) is 23.5 Å². The number of anilines is 1. The van der Waals surface area contributed by atoms with Crippen molar-refractivity contribution in [3.05, 3.63) is 58.0 Å². The smallest absolute Gasteiger partial charge is 0.423 e. The molecule has 1 aliphatic heterocycles. The molecule has 0 spiro atoms. The van der Waals surface area contributed by atoms with E-state index < -0.39 is 23.7 Å². The maximum atomic E-state index is 14.0. The summed E-state index contributed by atoms with van der Waals surface area (Å²) in [6.07, 6.45) is -5.12. The van der Waals surface area contributed by atoms with E-state index in [4.69, 9.17) is 0 Å². The lowest BCUT2D eigenvalue weighted by Gasteiger charge is -2.34. The molecule has 0 aliphatic carbocycles. The summed E-state index contributed by atoms with van der Waals surface area (Å²) in [4.78, 5) is 26.8. The molecular formula is C16H14F2N2O4. The molecule has 1 atom stereocenters. The van der Waals surface area contributed by atoms with Crippen molar-refractivity contribution in [1.29, 1.82) is 0 Å². The zero-order chi connectivity index (χ0) is 17.5. The number of rotatable bonds is 3. The van der Waals surface area contributed by atoms with Gasteiger partial charge in [-0.2, -0.15) is 8.78 Å². The molecule has 1 amide bonds. The number of carbonyl (C=O) groups is 1.